The second-order valence-electron chi connectivity index (χ2n) is 18.9. The summed E-state index contributed by atoms with van der Waals surface area (Å²) in [6.07, 6.45) is 0. The molecule has 0 unspecified atom stereocenters. The van der Waals surface area contributed by atoms with E-state index in [4.69, 9.17) is 58.3 Å². The van der Waals surface area contributed by atoms with Gasteiger partial charge in [-0.15, -0.1) is 0 Å². The molecule has 0 fully saturated rings. The van der Waals surface area contributed by atoms with Gasteiger partial charge in [0.1, 0.15) is 74.1 Å². The fourth-order valence-corrected chi connectivity index (χ4v) is 8.95. The lowest BCUT2D eigenvalue weighted by Gasteiger charge is -2.12. The summed E-state index contributed by atoms with van der Waals surface area (Å²) in [6, 6.07) is 71.6. The molecule has 78 heavy (non-hydrogen) atoms. The molecule has 0 spiro atoms. The van der Waals surface area contributed by atoms with Crippen molar-refractivity contribution in [2.75, 3.05) is 0 Å². The molecule has 378 valence electrons. The maximum Gasteiger partial charge on any atom is 0.164 e. The van der Waals surface area contributed by atoms with Gasteiger partial charge in [0.15, 0.2) is 34.9 Å². The van der Waals surface area contributed by atoms with Gasteiger partial charge in [0.05, 0.1) is 0 Å². The molecule has 18 heterocycles. The largest absolute Gasteiger partial charge is 0.489 e. The number of benzene rings is 9. The standard InChI is InChI=1S/C66H48N6O6/c1-2-54-36-60(3-1)78-42-48-14-12-47(13-15-48)41-77-57-30-20-51(21-31-57)63-68-61-49-16-26-55(27-17-49)73-37-43-4-8-45(9-5-43)39-75-58-32-22-52(23-33-58)64-70-65(72-66(54)71-64)53-24-34-59(35-25-53)76-40-46-10-6-44(7-11-46)38-74-56-28-18-50(19-29-56)62(67-61)69-63/h1-36H,37-42H2. The quantitative estimate of drug-likeness (QED) is 0.143. The minimum atomic E-state index is 0.360. The van der Waals surface area contributed by atoms with E-state index in [1.54, 1.807) is 0 Å². The number of nitrogens with zero attached hydrogens (tertiary/aromatic N) is 6. The van der Waals surface area contributed by atoms with Crippen LogP contribution in [0.4, 0.5) is 0 Å². The molecule has 2 aromatic heterocycles. The molecule has 12 nitrogen and oxygen atoms in total. The van der Waals surface area contributed by atoms with Crippen molar-refractivity contribution in [2.24, 2.45) is 0 Å². The molecule has 11 aromatic rings. The predicted octanol–water partition coefficient (Wildman–Crippen LogP) is 14.2. The fourth-order valence-electron chi connectivity index (χ4n) is 8.95. The predicted molar refractivity (Wildman–Crippen MR) is 298 cm³/mol. The molecule has 27 rings (SSSR count). The van der Waals surface area contributed by atoms with Gasteiger partial charge in [0.2, 0.25) is 0 Å². The summed E-state index contributed by atoms with van der Waals surface area (Å²) in [4.78, 5) is 30.1. The Hall–Kier alpha value is -10.2. The van der Waals surface area contributed by atoms with Crippen LogP contribution in [-0.4, -0.2) is 29.9 Å². The molecular weight excluding hydrogens is 973 g/mol. The average Bonchev–Trinajstić information content (AvgIpc) is 3.55. The minimum absolute atomic E-state index is 0.360. The summed E-state index contributed by atoms with van der Waals surface area (Å²) in [5.41, 5.74) is 11.0. The molecule has 24 bridgehead atoms. The fraction of sp³-hybridized carbons (Fsp3) is 0.0909. The van der Waals surface area contributed by atoms with Crippen molar-refractivity contribution in [2.45, 2.75) is 39.6 Å². The van der Waals surface area contributed by atoms with E-state index in [-0.39, 0.29) is 0 Å². The number of rotatable bonds is 0. The van der Waals surface area contributed by atoms with Gasteiger partial charge >= 0.3 is 0 Å². The molecule has 9 aromatic carbocycles. The number of fused-ring (bicyclic) bond motifs is 2. The first-order valence-electron chi connectivity index (χ1n) is 25.7. The monoisotopic (exact) mass is 1020 g/mol. The molecule has 0 saturated carbocycles. The first-order chi connectivity index (χ1) is 38.5. The maximum absolute atomic E-state index is 6.37. The van der Waals surface area contributed by atoms with Gasteiger partial charge in [-0.25, -0.2) is 29.9 Å². The Labute approximate surface area is 450 Å². The Morgan fingerprint density at radius 2 is 0.397 bits per heavy atom. The molecule has 0 N–H and O–H groups in total. The first-order valence-corrected chi connectivity index (χ1v) is 25.7. The zero-order chi connectivity index (χ0) is 52.0. The van der Waals surface area contributed by atoms with Gasteiger partial charge in [-0.1, -0.05) is 84.9 Å². The van der Waals surface area contributed by atoms with Crippen LogP contribution in [0.25, 0.3) is 68.3 Å². The highest BCUT2D eigenvalue weighted by atomic mass is 16.5. The van der Waals surface area contributed by atoms with Crippen LogP contribution in [0.15, 0.2) is 218 Å². The van der Waals surface area contributed by atoms with E-state index < -0.39 is 0 Å². The summed E-state index contributed by atoms with van der Waals surface area (Å²) in [5, 5.41) is 0. The Morgan fingerprint density at radius 1 is 0.192 bits per heavy atom. The topological polar surface area (TPSA) is 133 Å². The van der Waals surface area contributed by atoms with E-state index >= 15 is 0 Å². The highest BCUT2D eigenvalue weighted by molar-refractivity contribution is 5.69. The number of hydrogen-bond donors (Lipinski definition) is 0. The highest BCUT2D eigenvalue weighted by Crippen LogP contribution is 2.32. The number of aromatic nitrogens is 6. The second kappa shape index (κ2) is 21.6. The number of ether oxygens (including phenoxy) is 6. The van der Waals surface area contributed by atoms with Gasteiger partial charge in [0.25, 0.3) is 0 Å². The molecule has 0 amide bonds. The first kappa shape index (κ1) is 47.5. The Bertz CT molecular complexity index is 3680. The van der Waals surface area contributed by atoms with E-state index in [2.05, 4.69) is 72.8 Å². The third-order valence-corrected chi connectivity index (χ3v) is 13.4. The SMILES string of the molecule is c1cc2cc(c1)-c1nc3nc(n1)-c1ccc(cc1)OCc1ccc(cc1)COc1ccc(cc1)-c1nc(nc(n1)-c1ccc(cc1)OCc1ccc(cc1)CO2)-c1ccc(cc1)OCc1ccc(cc1)COc1ccc-3cc1. The lowest BCUT2D eigenvalue weighted by atomic mass is 10.1. The Kier molecular flexibility index (Phi) is 13.1. The molecule has 0 saturated heterocycles. The smallest absolute Gasteiger partial charge is 0.164 e. The van der Waals surface area contributed by atoms with Gasteiger partial charge in [-0.2, -0.15) is 0 Å². The summed E-state index contributed by atoms with van der Waals surface area (Å²) in [5.74, 6) is 7.37. The minimum Gasteiger partial charge on any atom is -0.489 e. The van der Waals surface area contributed by atoms with E-state index in [1.807, 2.05) is 146 Å². The summed E-state index contributed by atoms with van der Waals surface area (Å²) >= 11 is 0. The van der Waals surface area contributed by atoms with E-state index in [0.717, 1.165) is 78.3 Å². The average molecular weight is 1020 g/mol. The van der Waals surface area contributed by atoms with Crippen molar-refractivity contribution in [3.8, 4) is 103 Å². The molecule has 0 atom stereocenters. The normalized spacial score (nSPS) is 12.9. The van der Waals surface area contributed by atoms with Gasteiger partial charge < -0.3 is 28.4 Å². The molecule has 0 aliphatic carbocycles. The third-order valence-electron chi connectivity index (χ3n) is 13.4. The van der Waals surface area contributed by atoms with Crippen LogP contribution in [0, 0.1) is 0 Å². The van der Waals surface area contributed by atoms with Crippen molar-refractivity contribution in [1.29, 1.82) is 0 Å². The summed E-state index contributed by atoms with van der Waals surface area (Å²) in [7, 11) is 0. The molecule has 16 aliphatic heterocycles. The van der Waals surface area contributed by atoms with Gasteiger partial charge in [0, 0.05) is 33.4 Å². The molecule has 0 radical (unpaired) electrons. The summed E-state index contributed by atoms with van der Waals surface area (Å²) in [6.45, 7) is 2.29. The van der Waals surface area contributed by atoms with Crippen molar-refractivity contribution < 1.29 is 28.4 Å². The van der Waals surface area contributed by atoms with E-state index in [9.17, 15) is 0 Å². The lowest BCUT2D eigenvalue weighted by Crippen LogP contribution is -2.01. The number of hydrogen-bond acceptors (Lipinski definition) is 12. The van der Waals surface area contributed by atoms with Gasteiger partial charge in [-0.3, -0.25) is 0 Å². The highest BCUT2D eigenvalue weighted by Gasteiger charge is 2.17. The van der Waals surface area contributed by atoms with Crippen LogP contribution in [-0.2, 0) is 39.6 Å². The summed E-state index contributed by atoms with van der Waals surface area (Å²) < 4.78 is 37.7. The van der Waals surface area contributed by atoms with Crippen LogP contribution in [0.5, 0.6) is 34.5 Å². The van der Waals surface area contributed by atoms with Crippen molar-refractivity contribution in [3.63, 3.8) is 0 Å². The lowest BCUT2D eigenvalue weighted by molar-refractivity contribution is 0.302. The molecule has 12 heteroatoms. The van der Waals surface area contributed by atoms with Crippen LogP contribution < -0.4 is 28.4 Å². The van der Waals surface area contributed by atoms with Crippen molar-refractivity contribution in [3.05, 3.63) is 252 Å². The van der Waals surface area contributed by atoms with E-state index in [0.29, 0.717) is 97.6 Å². The van der Waals surface area contributed by atoms with Crippen LogP contribution in [0.3, 0.4) is 0 Å². The Balaban J connectivity index is 0.881. The third kappa shape index (κ3) is 11.1. The molecule has 16 aliphatic rings. The zero-order valence-electron chi connectivity index (χ0n) is 42.2. The van der Waals surface area contributed by atoms with Crippen LogP contribution in [0.1, 0.15) is 33.4 Å². The van der Waals surface area contributed by atoms with Gasteiger partial charge in [-0.05, 0) is 167 Å². The Morgan fingerprint density at radius 3 is 0.628 bits per heavy atom. The zero-order valence-corrected chi connectivity index (χ0v) is 42.2. The van der Waals surface area contributed by atoms with E-state index in [1.165, 1.54) is 0 Å². The second-order valence-corrected chi connectivity index (χ2v) is 18.9. The van der Waals surface area contributed by atoms with Crippen LogP contribution in [0.2, 0.25) is 0 Å². The van der Waals surface area contributed by atoms with Crippen molar-refractivity contribution in [1.82, 2.24) is 29.9 Å². The van der Waals surface area contributed by atoms with Crippen molar-refractivity contribution >= 4 is 0 Å². The molecular formula is C66H48N6O6. The van der Waals surface area contributed by atoms with Crippen LogP contribution >= 0.6 is 0 Å². The maximum atomic E-state index is 6.37.